The number of carboxylic acid groups (broad SMARTS) is 1. The molecule has 11 N–H and O–H groups in total. The number of carbonyl (C=O) groups excluding carboxylic acids is 5. The molecule has 2 heterocycles. The lowest BCUT2D eigenvalue weighted by Gasteiger charge is -2.28. The summed E-state index contributed by atoms with van der Waals surface area (Å²) in [5.74, 6) is -4.86. The average Bonchev–Trinajstić information content (AvgIpc) is 3.97. The zero-order valence-corrected chi connectivity index (χ0v) is 34.9. The van der Waals surface area contributed by atoms with E-state index in [1.54, 1.807) is 60.8 Å². The predicted octanol–water partition coefficient (Wildman–Crippen LogP) is 1.66. The lowest BCUT2D eigenvalue weighted by Crippen LogP contribution is -2.61. The normalized spacial score (nSPS) is 16.4. The number of carboxylic acids is 1. The van der Waals surface area contributed by atoms with E-state index in [-0.39, 0.29) is 31.6 Å². The van der Waals surface area contributed by atoms with Gasteiger partial charge in [-0.25, -0.2) is 4.79 Å². The fourth-order valence-corrected chi connectivity index (χ4v) is 7.58. The maximum Gasteiger partial charge on any atom is 0.326 e. The minimum Gasteiger partial charge on any atom is -0.480 e. The molecule has 1 saturated heterocycles. The molecule has 0 bridgehead atoms. The van der Waals surface area contributed by atoms with Crippen LogP contribution in [0.25, 0.3) is 10.9 Å². The highest BCUT2D eigenvalue weighted by molar-refractivity contribution is 5.97. The fourth-order valence-electron chi connectivity index (χ4n) is 7.58. The molecule has 5 aromatic rings. The number of aliphatic hydroxyl groups excluding tert-OH is 1. The third-order valence-corrected chi connectivity index (χ3v) is 11.0. The Morgan fingerprint density at radius 1 is 0.635 bits per heavy atom. The molecule has 4 aromatic carbocycles. The van der Waals surface area contributed by atoms with Gasteiger partial charge in [0.15, 0.2) is 0 Å². The summed E-state index contributed by atoms with van der Waals surface area (Å²) in [5.41, 5.74) is 9.89. The van der Waals surface area contributed by atoms with Gasteiger partial charge in [0.1, 0.15) is 30.2 Å². The molecule has 16 heteroatoms. The van der Waals surface area contributed by atoms with Gasteiger partial charge >= 0.3 is 5.97 Å². The summed E-state index contributed by atoms with van der Waals surface area (Å²) in [7, 11) is 0. The number of hydrogen-bond acceptors (Lipinski definition) is 9. The van der Waals surface area contributed by atoms with Crippen LogP contribution < -0.4 is 37.6 Å². The van der Waals surface area contributed by atoms with Crippen LogP contribution in [-0.2, 0) is 54.5 Å². The van der Waals surface area contributed by atoms with Crippen molar-refractivity contribution < 1.29 is 39.0 Å². The van der Waals surface area contributed by atoms with Crippen molar-refractivity contribution in [3.63, 3.8) is 0 Å². The molecule has 330 valence electrons. The maximum absolute atomic E-state index is 14.6. The number of aliphatic hydroxyl groups is 1. The summed E-state index contributed by atoms with van der Waals surface area (Å²) in [6, 6.07) is 24.6. The van der Waals surface area contributed by atoms with Crippen LogP contribution in [0.15, 0.2) is 115 Å². The Kier molecular flexibility index (Phi) is 15.6. The molecule has 1 fully saturated rings. The Labute approximate surface area is 364 Å². The number of benzene rings is 4. The fraction of sp³-hybridized carbons (Fsp3) is 0.319. The van der Waals surface area contributed by atoms with Gasteiger partial charge in [0.05, 0.1) is 12.1 Å². The molecule has 6 rings (SSSR count). The third-order valence-electron chi connectivity index (χ3n) is 11.0. The highest BCUT2D eigenvalue weighted by atomic mass is 16.4. The SMILES string of the molecule is C[C@@H](O)[C@H](NC(=O)[C@H](Cc1ccc(N)cc1)NC(=O)[C@@H](Cc1c[nH]c2ccccc12)NC(=O)[C@H](Cc1ccccc1)NC(=O)[C@@H]1CCCN1)C(=O)N[C@@H](Cc1ccccc1)C(=O)O. The Hall–Kier alpha value is -7.04. The van der Waals surface area contributed by atoms with Crippen molar-refractivity contribution in [2.45, 2.75) is 87.8 Å². The van der Waals surface area contributed by atoms with Crippen LogP contribution in [0.5, 0.6) is 0 Å². The largest absolute Gasteiger partial charge is 0.480 e. The van der Waals surface area contributed by atoms with E-state index in [0.29, 0.717) is 35.3 Å². The number of anilines is 1. The molecule has 1 aliphatic heterocycles. The molecule has 0 spiro atoms. The lowest BCUT2D eigenvalue weighted by molar-refractivity contribution is -0.143. The molecule has 0 saturated carbocycles. The molecule has 1 aromatic heterocycles. The monoisotopic (exact) mass is 858 g/mol. The van der Waals surface area contributed by atoms with Crippen LogP contribution in [0.3, 0.4) is 0 Å². The molecule has 0 radical (unpaired) electrons. The number of carbonyl (C=O) groups is 6. The number of para-hydroxylation sites is 1. The first-order valence-electron chi connectivity index (χ1n) is 21.0. The van der Waals surface area contributed by atoms with Crippen molar-refractivity contribution in [1.82, 2.24) is 36.9 Å². The Bertz CT molecular complexity index is 2350. The van der Waals surface area contributed by atoms with Gasteiger partial charge in [0.2, 0.25) is 29.5 Å². The van der Waals surface area contributed by atoms with Crippen molar-refractivity contribution in [3.8, 4) is 0 Å². The molecule has 5 amide bonds. The van der Waals surface area contributed by atoms with Crippen LogP contribution in [0, 0.1) is 0 Å². The molecule has 0 unspecified atom stereocenters. The van der Waals surface area contributed by atoms with Gasteiger partial charge < -0.3 is 52.8 Å². The first-order valence-corrected chi connectivity index (χ1v) is 21.0. The number of nitrogens with one attached hydrogen (secondary N) is 7. The summed E-state index contributed by atoms with van der Waals surface area (Å²) < 4.78 is 0. The van der Waals surface area contributed by atoms with E-state index in [9.17, 15) is 39.0 Å². The minimum atomic E-state index is -1.63. The minimum absolute atomic E-state index is 0.0231. The molecule has 63 heavy (non-hydrogen) atoms. The number of nitrogen functional groups attached to an aromatic ring is 1. The number of rotatable bonds is 20. The van der Waals surface area contributed by atoms with Gasteiger partial charge in [0, 0.05) is 48.5 Å². The topological polar surface area (TPSA) is 257 Å². The second-order valence-corrected chi connectivity index (χ2v) is 15.8. The van der Waals surface area contributed by atoms with Crippen LogP contribution in [0.4, 0.5) is 5.69 Å². The zero-order chi connectivity index (χ0) is 44.9. The van der Waals surface area contributed by atoms with E-state index >= 15 is 0 Å². The molecular formula is C47H54N8O8. The average molecular weight is 859 g/mol. The Balaban J connectivity index is 1.27. The van der Waals surface area contributed by atoms with Crippen molar-refractivity contribution >= 4 is 52.1 Å². The first-order chi connectivity index (χ1) is 30.3. The van der Waals surface area contributed by atoms with Gasteiger partial charge in [-0.05, 0) is 66.8 Å². The Morgan fingerprint density at radius 2 is 1.14 bits per heavy atom. The van der Waals surface area contributed by atoms with Gasteiger partial charge in [-0.15, -0.1) is 0 Å². The summed E-state index contributed by atoms with van der Waals surface area (Å²) in [5, 5.41) is 38.2. The molecule has 1 aliphatic rings. The summed E-state index contributed by atoms with van der Waals surface area (Å²) >= 11 is 0. The lowest BCUT2D eigenvalue weighted by atomic mass is 10.00. The van der Waals surface area contributed by atoms with Crippen molar-refractivity contribution in [2.24, 2.45) is 0 Å². The second-order valence-electron chi connectivity index (χ2n) is 15.8. The van der Waals surface area contributed by atoms with Crippen molar-refractivity contribution in [2.75, 3.05) is 12.3 Å². The number of amides is 5. The van der Waals surface area contributed by atoms with E-state index < -0.39 is 72.0 Å². The van der Waals surface area contributed by atoms with Crippen LogP contribution >= 0.6 is 0 Å². The quantitative estimate of drug-likeness (QED) is 0.0507. The smallest absolute Gasteiger partial charge is 0.326 e. The number of aromatic amines is 1. The number of fused-ring (bicyclic) bond motifs is 1. The predicted molar refractivity (Wildman–Crippen MR) is 237 cm³/mol. The van der Waals surface area contributed by atoms with Gasteiger partial charge in [-0.2, -0.15) is 0 Å². The number of H-pyrrole nitrogens is 1. The highest BCUT2D eigenvalue weighted by Gasteiger charge is 2.35. The number of aliphatic carboxylic acids is 1. The summed E-state index contributed by atoms with van der Waals surface area (Å²) in [4.78, 5) is 85.6. The number of nitrogens with two attached hydrogens (primary N) is 1. The first kappa shape index (κ1) is 45.5. The molecule has 16 nitrogen and oxygen atoms in total. The highest BCUT2D eigenvalue weighted by Crippen LogP contribution is 2.20. The molecular weight excluding hydrogens is 805 g/mol. The number of hydrogen-bond donors (Lipinski definition) is 10. The third kappa shape index (κ3) is 12.7. The van der Waals surface area contributed by atoms with Crippen LogP contribution in [0.1, 0.15) is 42.0 Å². The van der Waals surface area contributed by atoms with Gasteiger partial charge in [-0.3, -0.25) is 24.0 Å². The van der Waals surface area contributed by atoms with E-state index in [2.05, 4.69) is 36.9 Å². The van der Waals surface area contributed by atoms with Crippen molar-refractivity contribution in [3.05, 3.63) is 138 Å². The summed E-state index contributed by atoms with van der Waals surface area (Å²) in [6.45, 7) is 1.94. The van der Waals surface area contributed by atoms with Crippen molar-refractivity contribution in [1.29, 1.82) is 0 Å². The molecule has 0 aliphatic carbocycles. The van der Waals surface area contributed by atoms with E-state index in [1.165, 1.54) is 6.92 Å². The maximum atomic E-state index is 14.6. The zero-order valence-electron chi connectivity index (χ0n) is 34.9. The van der Waals surface area contributed by atoms with E-state index in [4.69, 9.17) is 5.73 Å². The van der Waals surface area contributed by atoms with Gasteiger partial charge in [-0.1, -0.05) is 91.0 Å². The second kappa shape index (κ2) is 21.7. The number of aromatic nitrogens is 1. The standard InChI is InChI=1S/C47H54N8O8/c1-28(56)41(46(61)54-40(47(62)63)25-30-13-6-3-7-14-30)55-45(60)38(24-31-18-20-33(48)21-19-31)52-44(59)39(26-32-27-50-35-16-9-8-15-34(32)35)53-43(58)37(23-29-11-4-2-5-12-29)51-42(57)36-17-10-22-49-36/h2-9,11-16,18-21,27-28,36-41,49-50,56H,10,17,22-26,48H2,1H3,(H,51,57)(H,52,59)(H,53,58)(H,54,61)(H,55,60)(H,62,63)/t28-,36+,37+,38+,39-,40+,41+/m1/s1. The van der Waals surface area contributed by atoms with Crippen LogP contribution in [-0.4, -0.2) is 99.6 Å². The summed E-state index contributed by atoms with van der Waals surface area (Å²) in [6.07, 6.45) is 1.61. The van der Waals surface area contributed by atoms with E-state index in [1.807, 2.05) is 54.6 Å². The van der Waals surface area contributed by atoms with Crippen LogP contribution in [0.2, 0.25) is 0 Å². The Morgan fingerprint density at radius 3 is 1.71 bits per heavy atom. The molecule has 7 atom stereocenters. The van der Waals surface area contributed by atoms with Gasteiger partial charge in [0.25, 0.3) is 0 Å². The van der Waals surface area contributed by atoms with E-state index in [0.717, 1.165) is 22.9 Å².